The number of amidine groups is 1. The first kappa shape index (κ1) is 21.0. The molecular weight excluding hydrogens is 342 g/mol. The van der Waals surface area contributed by atoms with Gasteiger partial charge in [0.05, 0.1) is 4.75 Å². The number of nitrogens with zero attached hydrogens (tertiary/aromatic N) is 2. The summed E-state index contributed by atoms with van der Waals surface area (Å²) in [6.45, 7) is 8.93. The maximum Gasteiger partial charge on any atom is 0.170 e. The van der Waals surface area contributed by atoms with Crippen molar-refractivity contribution in [1.29, 1.82) is 0 Å². The van der Waals surface area contributed by atoms with Crippen LogP contribution >= 0.6 is 13.5 Å². The van der Waals surface area contributed by atoms with E-state index in [1.807, 2.05) is 32.9 Å². The molecular formula is C17H29N3O2S2. The van der Waals surface area contributed by atoms with Crippen molar-refractivity contribution in [2.45, 2.75) is 57.7 Å². The number of hydrogen-bond donors (Lipinski definition) is 2. The SMILES string of the molecule is CCCN([C@H]1CCc2c(C(N)=NO)cccc21)[S@@](=O)C(C)(C)C.S. The number of nitrogens with two attached hydrogens (primary N) is 1. The molecule has 1 aromatic rings. The van der Waals surface area contributed by atoms with Gasteiger partial charge in [0.15, 0.2) is 5.84 Å². The Kier molecular flexibility index (Phi) is 7.31. The van der Waals surface area contributed by atoms with Gasteiger partial charge in [-0.2, -0.15) is 13.5 Å². The number of hydrogen-bond acceptors (Lipinski definition) is 3. The van der Waals surface area contributed by atoms with Crippen molar-refractivity contribution in [1.82, 2.24) is 4.31 Å². The first-order valence-electron chi connectivity index (χ1n) is 8.09. The number of rotatable bonds is 5. The lowest BCUT2D eigenvalue weighted by atomic mass is 10.0. The Morgan fingerprint density at radius 2 is 2.12 bits per heavy atom. The van der Waals surface area contributed by atoms with Gasteiger partial charge in [-0.1, -0.05) is 30.3 Å². The van der Waals surface area contributed by atoms with Crippen molar-refractivity contribution < 1.29 is 9.42 Å². The first-order chi connectivity index (χ1) is 10.8. The van der Waals surface area contributed by atoms with Crippen molar-refractivity contribution in [3.63, 3.8) is 0 Å². The molecule has 0 saturated heterocycles. The van der Waals surface area contributed by atoms with Gasteiger partial charge >= 0.3 is 0 Å². The van der Waals surface area contributed by atoms with E-state index < -0.39 is 11.0 Å². The quantitative estimate of drug-likeness (QED) is 0.361. The Hall–Kier alpha value is -1.05. The molecule has 0 fully saturated rings. The third-order valence-corrected chi connectivity index (χ3v) is 6.06. The Morgan fingerprint density at radius 3 is 2.67 bits per heavy atom. The molecule has 0 saturated carbocycles. The minimum atomic E-state index is -1.07. The van der Waals surface area contributed by atoms with Gasteiger partial charge in [-0.3, -0.25) is 0 Å². The van der Waals surface area contributed by atoms with Crippen LogP contribution in [0.4, 0.5) is 0 Å². The molecule has 1 aliphatic carbocycles. The number of oxime groups is 1. The van der Waals surface area contributed by atoms with Gasteiger partial charge in [0, 0.05) is 18.2 Å². The van der Waals surface area contributed by atoms with E-state index >= 15 is 0 Å². The molecule has 2 atom stereocenters. The smallest absolute Gasteiger partial charge is 0.170 e. The van der Waals surface area contributed by atoms with Crippen molar-refractivity contribution >= 4 is 30.3 Å². The Labute approximate surface area is 154 Å². The molecule has 5 nitrogen and oxygen atoms in total. The number of benzene rings is 1. The zero-order valence-electron chi connectivity index (χ0n) is 14.9. The monoisotopic (exact) mass is 371 g/mol. The highest BCUT2D eigenvalue weighted by molar-refractivity contribution is 7.84. The summed E-state index contributed by atoms with van der Waals surface area (Å²) in [5, 5.41) is 12.1. The van der Waals surface area contributed by atoms with Crippen LogP contribution < -0.4 is 5.73 Å². The van der Waals surface area contributed by atoms with Gasteiger partial charge < -0.3 is 10.9 Å². The summed E-state index contributed by atoms with van der Waals surface area (Å²) >= 11 is 0. The molecule has 0 aliphatic heterocycles. The third kappa shape index (κ3) is 4.13. The van der Waals surface area contributed by atoms with Gasteiger partial charge in [-0.15, -0.1) is 0 Å². The highest BCUT2D eigenvalue weighted by Gasteiger charge is 2.36. The minimum Gasteiger partial charge on any atom is -0.409 e. The molecule has 7 heteroatoms. The van der Waals surface area contributed by atoms with E-state index in [1.54, 1.807) is 0 Å². The van der Waals surface area contributed by atoms with E-state index in [9.17, 15) is 4.21 Å². The van der Waals surface area contributed by atoms with E-state index in [0.717, 1.165) is 42.5 Å². The third-order valence-electron chi connectivity index (χ3n) is 4.15. The topological polar surface area (TPSA) is 78.9 Å². The Bertz CT molecular complexity index is 627. The highest BCUT2D eigenvalue weighted by atomic mass is 32.2. The summed E-state index contributed by atoms with van der Waals surface area (Å²) in [6.07, 6.45) is 2.72. The molecule has 0 unspecified atom stereocenters. The molecule has 0 spiro atoms. The van der Waals surface area contributed by atoms with Gasteiger partial charge in [-0.05, 0) is 51.2 Å². The lowest BCUT2D eigenvalue weighted by molar-refractivity contribution is 0.318. The molecule has 2 rings (SSSR count). The molecule has 0 amide bonds. The van der Waals surface area contributed by atoms with E-state index in [4.69, 9.17) is 10.9 Å². The molecule has 0 heterocycles. The second kappa shape index (κ2) is 8.36. The molecule has 1 aromatic carbocycles. The summed E-state index contributed by atoms with van der Waals surface area (Å²) in [7, 11) is -1.07. The van der Waals surface area contributed by atoms with E-state index in [-0.39, 0.29) is 30.1 Å². The number of fused-ring (bicyclic) bond motifs is 1. The molecule has 1 aliphatic rings. The average Bonchev–Trinajstić information content (AvgIpc) is 2.94. The standard InChI is InChI=1S/C17H27N3O2S.H2S/c1-5-11-20(23(22)17(2,3)4)15-10-9-12-13(15)7-6-8-14(12)16(18)19-21;/h6-8,15,21H,5,9-11H2,1-4H3,(H2,18,19);1H2/t15-,23-;/m0./s1. The van der Waals surface area contributed by atoms with E-state index in [0.29, 0.717) is 0 Å². The van der Waals surface area contributed by atoms with Crippen molar-refractivity contribution in [3.05, 3.63) is 34.9 Å². The van der Waals surface area contributed by atoms with Gasteiger partial charge in [0.25, 0.3) is 0 Å². The predicted molar refractivity (Wildman–Crippen MR) is 105 cm³/mol. The van der Waals surface area contributed by atoms with Crippen LogP contribution in [0.5, 0.6) is 0 Å². The van der Waals surface area contributed by atoms with E-state index in [2.05, 4.69) is 22.5 Å². The fourth-order valence-electron chi connectivity index (χ4n) is 3.15. The largest absolute Gasteiger partial charge is 0.409 e. The second-order valence-electron chi connectivity index (χ2n) is 6.92. The Balaban J connectivity index is 0.00000288. The predicted octanol–water partition coefficient (Wildman–Crippen LogP) is 3.06. The van der Waals surface area contributed by atoms with Crippen LogP contribution in [0.3, 0.4) is 0 Å². The minimum absolute atomic E-state index is 0. The van der Waals surface area contributed by atoms with Gasteiger partial charge in [-0.25, -0.2) is 8.51 Å². The van der Waals surface area contributed by atoms with Crippen LogP contribution in [0, 0.1) is 0 Å². The van der Waals surface area contributed by atoms with Crippen LogP contribution in [-0.4, -0.2) is 30.8 Å². The molecule has 24 heavy (non-hydrogen) atoms. The molecule has 0 radical (unpaired) electrons. The Morgan fingerprint density at radius 1 is 1.46 bits per heavy atom. The van der Waals surface area contributed by atoms with Crippen LogP contribution in [0.25, 0.3) is 0 Å². The van der Waals surface area contributed by atoms with Crippen LogP contribution in [0.2, 0.25) is 0 Å². The maximum atomic E-state index is 13.0. The van der Waals surface area contributed by atoms with Gasteiger partial charge in [0.1, 0.15) is 11.0 Å². The highest BCUT2D eigenvalue weighted by Crippen LogP contribution is 2.39. The fourth-order valence-corrected chi connectivity index (χ4v) is 4.65. The fraction of sp³-hybridized carbons (Fsp3) is 0.588. The first-order valence-corrected chi connectivity index (χ1v) is 9.20. The normalized spacial score (nSPS) is 19.0. The van der Waals surface area contributed by atoms with Crippen LogP contribution in [0.15, 0.2) is 23.4 Å². The molecule has 0 bridgehead atoms. The maximum absolute atomic E-state index is 13.0. The lowest BCUT2D eigenvalue weighted by Gasteiger charge is -2.33. The van der Waals surface area contributed by atoms with Crippen molar-refractivity contribution in [2.24, 2.45) is 10.9 Å². The van der Waals surface area contributed by atoms with Crippen molar-refractivity contribution in [2.75, 3.05) is 6.54 Å². The van der Waals surface area contributed by atoms with Crippen molar-refractivity contribution in [3.8, 4) is 0 Å². The molecule has 136 valence electrons. The second-order valence-corrected chi connectivity index (χ2v) is 9.11. The summed E-state index contributed by atoms with van der Waals surface area (Å²) in [4.78, 5) is 0. The summed E-state index contributed by atoms with van der Waals surface area (Å²) in [5.41, 5.74) is 8.85. The molecule has 0 aromatic heterocycles. The summed E-state index contributed by atoms with van der Waals surface area (Å²) in [5.74, 6) is 0.140. The average molecular weight is 372 g/mol. The van der Waals surface area contributed by atoms with E-state index in [1.165, 1.54) is 0 Å². The zero-order chi connectivity index (χ0) is 17.2. The van der Waals surface area contributed by atoms with Crippen LogP contribution in [0.1, 0.15) is 63.3 Å². The zero-order valence-corrected chi connectivity index (χ0v) is 16.7. The molecule has 3 N–H and O–H groups in total. The summed E-state index contributed by atoms with van der Waals surface area (Å²) < 4.78 is 14.8. The van der Waals surface area contributed by atoms with Gasteiger partial charge in [0.2, 0.25) is 0 Å². The van der Waals surface area contributed by atoms with Crippen LogP contribution in [-0.2, 0) is 17.4 Å². The lowest BCUT2D eigenvalue weighted by Crippen LogP contribution is -2.39. The summed E-state index contributed by atoms with van der Waals surface area (Å²) in [6, 6.07) is 6.00.